The lowest BCUT2D eigenvalue weighted by molar-refractivity contribution is 0.102. The molecule has 0 spiro atoms. The predicted molar refractivity (Wildman–Crippen MR) is 51.8 cm³/mol. The highest BCUT2D eigenvalue weighted by Crippen LogP contribution is 2.02. The number of hydrogen-bond acceptors (Lipinski definition) is 2. The van der Waals surface area contributed by atoms with Crippen LogP contribution in [0.1, 0.15) is 10.4 Å². The van der Waals surface area contributed by atoms with Gasteiger partial charge in [0, 0.05) is 18.0 Å². The van der Waals surface area contributed by atoms with Crippen molar-refractivity contribution in [2.75, 3.05) is 5.32 Å². The monoisotopic (exact) mass is 186 g/mol. The summed E-state index contributed by atoms with van der Waals surface area (Å²) < 4.78 is 0. The van der Waals surface area contributed by atoms with Crippen LogP contribution in [0.3, 0.4) is 0 Å². The molecule has 4 heteroatoms. The minimum atomic E-state index is -0.186. The van der Waals surface area contributed by atoms with E-state index >= 15 is 0 Å². The van der Waals surface area contributed by atoms with Gasteiger partial charge in [-0.2, -0.15) is 0 Å². The van der Waals surface area contributed by atoms with Crippen molar-refractivity contribution in [1.29, 1.82) is 0 Å². The first-order chi connectivity index (χ1) is 6.86. The number of aromatic nitrogens is 2. The van der Waals surface area contributed by atoms with Crippen molar-refractivity contribution in [3.8, 4) is 0 Å². The summed E-state index contributed by atoms with van der Waals surface area (Å²) in [6.07, 6.45) is 3.22. The van der Waals surface area contributed by atoms with Crippen LogP contribution < -0.4 is 5.32 Å². The Hall–Kier alpha value is -2.10. The number of nitrogens with zero attached hydrogens (tertiary/aromatic N) is 1. The number of carbonyl (C=O) groups excluding carboxylic acids is 1. The van der Waals surface area contributed by atoms with Crippen LogP contribution in [0.25, 0.3) is 0 Å². The highest BCUT2D eigenvalue weighted by molar-refractivity contribution is 6.03. The molecule has 0 fully saturated rings. The second-order valence-electron chi connectivity index (χ2n) is 2.68. The van der Waals surface area contributed by atoms with Crippen LogP contribution in [0.2, 0.25) is 0 Å². The van der Waals surface area contributed by atoms with Gasteiger partial charge in [0.15, 0.2) is 0 Å². The summed E-state index contributed by atoms with van der Waals surface area (Å²) in [6, 6.07) is 9.61. The van der Waals surface area contributed by atoms with Crippen LogP contribution in [0.5, 0.6) is 0 Å². The van der Waals surface area contributed by atoms with E-state index < -0.39 is 0 Å². The summed E-state index contributed by atoms with van der Waals surface area (Å²) in [5.74, 6) is 0.261. The molecule has 0 aliphatic carbocycles. The third-order valence-corrected chi connectivity index (χ3v) is 1.71. The summed E-state index contributed by atoms with van der Waals surface area (Å²) >= 11 is 0. The zero-order chi connectivity index (χ0) is 9.80. The van der Waals surface area contributed by atoms with E-state index in [9.17, 15) is 4.79 Å². The molecule has 0 aliphatic rings. The standard InChI is InChI=1S/C10H8N3O/c14-9(8-4-2-1-3-5-8)13-10-11-6-7-12-10/h2-7H,(H2,11,12,13,14). The zero-order valence-corrected chi connectivity index (χ0v) is 7.32. The van der Waals surface area contributed by atoms with Gasteiger partial charge in [-0.25, -0.2) is 4.98 Å². The van der Waals surface area contributed by atoms with Crippen LogP contribution in [0, 0.1) is 6.07 Å². The summed E-state index contributed by atoms with van der Waals surface area (Å²) in [7, 11) is 0. The molecule has 69 valence electrons. The van der Waals surface area contributed by atoms with Crippen molar-refractivity contribution in [1.82, 2.24) is 9.97 Å². The van der Waals surface area contributed by atoms with E-state index in [4.69, 9.17) is 0 Å². The second-order valence-corrected chi connectivity index (χ2v) is 2.68. The Morgan fingerprint density at radius 3 is 2.86 bits per heavy atom. The third kappa shape index (κ3) is 1.80. The van der Waals surface area contributed by atoms with Crippen LogP contribution in [-0.2, 0) is 0 Å². The van der Waals surface area contributed by atoms with E-state index in [0.29, 0.717) is 11.5 Å². The SMILES string of the molecule is O=C(Nc1ncc[nH]1)c1cc[c]cc1. The quantitative estimate of drug-likeness (QED) is 0.746. The number of amides is 1. The molecular weight excluding hydrogens is 178 g/mol. The maximum atomic E-state index is 11.5. The van der Waals surface area contributed by atoms with Gasteiger partial charge in [-0.1, -0.05) is 12.1 Å². The number of H-pyrrole nitrogens is 1. The van der Waals surface area contributed by atoms with Gasteiger partial charge in [-0.15, -0.1) is 0 Å². The Morgan fingerprint density at radius 1 is 1.43 bits per heavy atom. The van der Waals surface area contributed by atoms with Gasteiger partial charge < -0.3 is 4.98 Å². The molecular formula is C10H8N3O. The first kappa shape index (κ1) is 8.50. The Morgan fingerprint density at radius 2 is 2.21 bits per heavy atom. The average Bonchev–Trinajstić information content (AvgIpc) is 2.72. The smallest absolute Gasteiger partial charge is 0.257 e. The molecule has 0 unspecified atom stereocenters. The molecule has 0 aliphatic heterocycles. The summed E-state index contributed by atoms with van der Waals surface area (Å²) in [4.78, 5) is 18.2. The lowest BCUT2D eigenvalue weighted by Crippen LogP contribution is -2.12. The molecule has 0 atom stereocenters. The summed E-state index contributed by atoms with van der Waals surface area (Å²) in [6.45, 7) is 0. The van der Waals surface area contributed by atoms with E-state index in [2.05, 4.69) is 21.4 Å². The van der Waals surface area contributed by atoms with Gasteiger partial charge in [0.05, 0.1) is 0 Å². The Bertz CT molecular complexity index is 408. The number of nitrogens with one attached hydrogen (secondary N) is 2. The van der Waals surface area contributed by atoms with Crippen molar-refractivity contribution in [3.05, 3.63) is 48.3 Å². The minimum Gasteiger partial charge on any atom is -0.331 e. The molecule has 0 saturated carbocycles. The third-order valence-electron chi connectivity index (χ3n) is 1.71. The number of hydrogen-bond donors (Lipinski definition) is 2. The summed E-state index contributed by atoms with van der Waals surface area (Å²) in [5, 5.41) is 2.62. The zero-order valence-electron chi connectivity index (χ0n) is 7.32. The van der Waals surface area contributed by atoms with E-state index in [0.717, 1.165) is 0 Å². The van der Waals surface area contributed by atoms with Crippen molar-refractivity contribution >= 4 is 11.9 Å². The minimum absolute atomic E-state index is 0.186. The van der Waals surface area contributed by atoms with Crippen molar-refractivity contribution in [2.24, 2.45) is 0 Å². The fourth-order valence-electron chi connectivity index (χ4n) is 1.05. The Labute approximate surface area is 81.0 Å². The fourth-order valence-corrected chi connectivity index (χ4v) is 1.05. The molecule has 2 N–H and O–H groups in total. The number of anilines is 1. The molecule has 2 rings (SSSR count). The predicted octanol–water partition coefficient (Wildman–Crippen LogP) is 1.46. The average molecular weight is 186 g/mol. The second kappa shape index (κ2) is 3.74. The lowest BCUT2D eigenvalue weighted by Gasteiger charge is -2.00. The highest BCUT2D eigenvalue weighted by Gasteiger charge is 2.05. The molecule has 1 radical (unpaired) electrons. The Kier molecular flexibility index (Phi) is 2.27. The first-order valence-corrected chi connectivity index (χ1v) is 4.13. The largest absolute Gasteiger partial charge is 0.331 e. The fraction of sp³-hybridized carbons (Fsp3) is 0. The maximum absolute atomic E-state index is 11.5. The molecule has 0 bridgehead atoms. The number of aromatic amines is 1. The topological polar surface area (TPSA) is 57.8 Å². The number of benzene rings is 1. The number of carbonyl (C=O) groups is 1. The first-order valence-electron chi connectivity index (χ1n) is 4.13. The molecule has 4 nitrogen and oxygen atoms in total. The van der Waals surface area contributed by atoms with Gasteiger partial charge in [0.1, 0.15) is 0 Å². The van der Waals surface area contributed by atoms with Gasteiger partial charge in [0.2, 0.25) is 5.95 Å². The van der Waals surface area contributed by atoms with Crippen LogP contribution in [0.4, 0.5) is 5.95 Å². The van der Waals surface area contributed by atoms with Gasteiger partial charge in [-0.3, -0.25) is 10.1 Å². The van der Waals surface area contributed by atoms with Crippen LogP contribution in [0.15, 0.2) is 36.7 Å². The molecule has 1 amide bonds. The van der Waals surface area contributed by atoms with Crippen LogP contribution >= 0.6 is 0 Å². The number of imidazole rings is 1. The van der Waals surface area contributed by atoms with Crippen molar-refractivity contribution < 1.29 is 4.79 Å². The molecule has 0 saturated heterocycles. The van der Waals surface area contributed by atoms with E-state index in [1.165, 1.54) is 0 Å². The van der Waals surface area contributed by atoms with Crippen molar-refractivity contribution in [2.45, 2.75) is 0 Å². The normalized spacial score (nSPS) is 9.71. The van der Waals surface area contributed by atoms with Gasteiger partial charge >= 0.3 is 0 Å². The van der Waals surface area contributed by atoms with Crippen LogP contribution in [-0.4, -0.2) is 15.9 Å². The maximum Gasteiger partial charge on any atom is 0.257 e. The van der Waals surface area contributed by atoms with Gasteiger partial charge in [0.25, 0.3) is 5.91 Å². The molecule has 1 aromatic heterocycles. The van der Waals surface area contributed by atoms with E-state index in [1.807, 2.05) is 0 Å². The molecule has 2 aromatic rings. The lowest BCUT2D eigenvalue weighted by atomic mass is 10.2. The number of rotatable bonds is 2. The summed E-state index contributed by atoms with van der Waals surface area (Å²) in [5.41, 5.74) is 0.583. The van der Waals surface area contributed by atoms with E-state index in [1.54, 1.807) is 36.7 Å². The molecule has 14 heavy (non-hydrogen) atoms. The van der Waals surface area contributed by atoms with Gasteiger partial charge in [-0.05, 0) is 18.2 Å². The van der Waals surface area contributed by atoms with E-state index in [-0.39, 0.29) is 5.91 Å². The molecule has 1 heterocycles. The van der Waals surface area contributed by atoms with Crippen molar-refractivity contribution in [3.63, 3.8) is 0 Å². The molecule has 1 aromatic carbocycles. The Balaban J connectivity index is 2.11. The highest BCUT2D eigenvalue weighted by atomic mass is 16.1.